The summed E-state index contributed by atoms with van der Waals surface area (Å²) in [5.41, 5.74) is 1.01. The Morgan fingerprint density at radius 1 is 1.18 bits per heavy atom. The fraction of sp³-hybridized carbons (Fsp3) is 0.562. The summed E-state index contributed by atoms with van der Waals surface area (Å²) in [4.78, 5) is 14.0. The van der Waals surface area contributed by atoms with E-state index in [9.17, 15) is 9.18 Å². The molecule has 0 aliphatic carbocycles. The van der Waals surface area contributed by atoms with Crippen LogP contribution >= 0.6 is 0 Å². The van der Waals surface area contributed by atoms with Crippen molar-refractivity contribution in [2.45, 2.75) is 13.0 Å². The van der Waals surface area contributed by atoms with E-state index < -0.39 is 0 Å². The Labute approximate surface area is 130 Å². The molecular formula is C16H24FN3O2. The van der Waals surface area contributed by atoms with Crippen LogP contribution in [-0.4, -0.2) is 56.7 Å². The SMILES string of the molecule is O=C(CCNCc1ccc(F)cc1)NCCN1CCOCC1. The number of carbonyl (C=O) groups is 1. The minimum atomic E-state index is -0.233. The molecule has 1 saturated heterocycles. The van der Waals surface area contributed by atoms with Crippen LogP contribution in [0.25, 0.3) is 0 Å². The summed E-state index contributed by atoms with van der Waals surface area (Å²) in [7, 11) is 0. The van der Waals surface area contributed by atoms with Crippen molar-refractivity contribution in [1.29, 1.82) is 0 Å². The first kappa shape index (κ1) is 16.9. The summed E-state index contributed by atoms with van der Waals surface area (Å²) in [5.74, 6) is -0.178. The lowest BCUT2D eigenvalue weighted by molar-refractivity contribution is -0.121. The Morgan fingerprint density at radius 3 is 2.64 bits per heavy atom. The molecule has 1 fully saturated rings. The predicted octanol–water partition coefficient (Wildman–Crippen LogP) is 0.754. The molecule has 1 heterocycles. The number of hydrogen-bond donors (Lipinski definition) is 2. The fourth-order valence-corrected chi connectivity index (χ4v) is 2.30. The number of carbonyl (C=O) groups excluding carboxylic acids is 1. The van der Waals surface area contributed by atoms with Crippen LogP contribution in [-0.2, 0) is 16.1 Å². The molecule has 2 rings (SSSR count). The van der Waals surface area contributed by atoms with Crippen molar-refractivity contribution >= 4 is 5.91 Å². The van der Waals surface area contributed by atoms with E-state index in [1.54, 1.807) is 12.1 Å². The minimum Gasteiger partial charge on any atom is -0.379 e. The maximum Gasteiger partial charge on any atom is 0.221 e. The van der Waals surface area contributed by atoms with Crippen LogP contribution in [0.15, 0.2) is 24.3 Å². The van der Waals surface area contributed by atoms with Gasteiger partial charge in [0, 0.05) is 45.7 Å². The predicted molar refractivity (Wildman–Crippen MR) is 83.0 cm³/mol. The van der Waals surface area contributed by atoms with Gasteiger partial charge in [-0.1, -0.05) is 12.1 Å². The van der Waals surface area contributed by atoms with Gasteiger partial charge in [-0.25, -0.2) is 4.39 Å². The molecule has 122 valence electrons. The van der Waals surface area contributed by atoms with E-state index in [4.69, 9.17) is 4.74 Å². The second kappa shape index (κ2) is 9.50. The van der Waals surface area contributed by atoms with E-state index in [1.165, 1.54) is 12.1 Å². The van der Waals surface area contributed by atoms with Crippen molar-refractivity contribution in [3.05, 3.63) is 35.6 Å². The molecule has 1 amide bonds. The maximum absolute atomic E-state index is 12.8. The lowest BCUT2D eigenvalue weighted by Crippen LogP contribution is -2.41. The first-order valence-electron chi connectivity index (χ1n) is 7.76. The van der Waals surface area contributed by atoms with E-state index in [2.05, 4.69) is 15.5 Å². The highest BCUT2D eigenvalue weighted by molar-refractivity contribution is 5.76. The average Bonchev–Trinajstić information content (AvgIpc) is 2.54. The summed E-state index contributed by atoms with van der Waals surface area (Å²) >= 11 is 0. The number of hydrogen-bond acceptors (Lipinski definition) is 4. The standard InChI is InChI=1S/C16H24FN3O2/c17-15-3-1-14(2-4-15)13-18-6-5-16(21)19-7-8-20-9-11-22-12-10-20/h1-4,18H,5-13H2,(H,19,21). The molecule has 1 aliphatic heterocycles. The van der Waals surface area contributed by atoms with E-state index in [-0.39, 0.29) is 11.7 Å². The second-order valence-electron chi connectivity index (χ2n) is 5.36. The zero-order valence-electron chi connectivity index (χ0n) is 12.8. The highest BCUT2D eigenvalue weighted by atomic mass is 19.1. The highest BCUT2D eigenvalue weighted by Crippen LogP contribution is 2.01. The van der Waals surface area contributed by atoms with Crippen molar-refractivity contribution in [3.8, 4) is 0 Å². The molecule has 0 bridgehead atoms. The van der Waals surface area contributed by atoms with Gasteiger partial charge in [-0.3, -0.25) is 9.69 Å². The van der Waals surface area contributed by atoms with Crippen LogP contribution in [0.1, 0.15) is 12.0 Å². The number of nitrogens with zero attached hydrogens (tertiary/aromatic N) is 1. The van der Waals surface area contributed by atoms with Crippen molar-refractivity contribution in [2.24, 2.45) is 0 Å². The molecular weight excluding hydrogens is 285 g/mol. The Kier molecular flexibility index (Phi) is 7.28. The normalized spacial score (nSPS) is 15.7. The fourth-order valence-electron chi connectivity index (χ4n) is 2.30. The van der Waals surface area contributed by atoms with Crippen molar-refractivity contribution in [3.63, 3.8) is 0 Å². The number of rotatable bonds is 8. The molecule has 0 atom stereocenters. The number of halogens is 1. The molecule has 2 N–H and O–H groups in total. The quantitative estimate of drug-likeness (QED) is 0.696. The number of morpholine rings is 1. The van der Waals surface area contributed by atoms with Gasteiger partial charge >= 0.3 is 0 Å². The third-order valence-corrected chi connectivity index (χ3v) is 3.63. The number of amides is 1. The molecule has 1 aliphatic rings. The smallest absolute Gasteiger partial charge is 0.221 e. The molecule has 0 unspecified atom stereocenters. The molecule has 0 aromatic heterocycles. The van der Waals surface area contributed by atoms with E-state index >= 15 is 0 Å². The number of nitrogens with one attached hydrogen (secondary N) is 2. The highest BCUT2D eigenvalue weighted by Gasteiger charge is 2.09. The number of ether oxygens (including phenoxy) is 1. The second-order valence-corrected chi connectivity index (χ2v) is 5.36. The zero-order chi connectivity index (χ0) is 15.6. The number of benzene rings is 1. The van der Waals surface area contributed by atoms with Crippen LogP contribution in [0.3, 0.4) is 0 Å². The zero-order valence-corrected chi connectivity index (χ0v) is 12.8. The van der Waals surface area contributed by atoms with Gasteiger partial charge in [-0.2, -0.15) is 0 Å². The first-order valence-corrected chi connectivity index (χ1v) is 7.76. The molecule has 1 aromatic rings. The van der Waals surface area contributed by atoms with E-state index in [0.717, 1.165) is 38.4 Å². The van der Waals surface area contributed by atoms with Gasteiger partial charge in [-0.15, -0.1) is 0 Å². The van der Waals surface area contributed by atoms with Gasteiger partial charge in [0.1, 0.15) is 5.82 Å². The van der Waals surface area contributed by atoms with Crippen LogP contribution in [0, 0.1) is 5.82 Å². The summed E-state index contributed by atoms with van der Waals surface area (Å²) in [6.45, 7) is 6.24. The van der Waals surface area contributed by atoms with Crippen molar-refractivity contribution < 1.29 is 13.9 Å². The topological polar surface area (TPSA) is 53.6 Å². The molecule has 1 aromatic carbocycles. The maximum atomic E-state index is 12.8. The van der Waals surface area contributed by atoms with Crippen LogP contribution < -0.4 is 10.6 Å². The van der Waals surface area contributed by atoms with Gasteiger partial charge in [0.05, 0.1) is 13.2 Å². The largest absolute Gasteiger partial charge is 0.379 e. The first-order chi connectivity index (χ1) is 10.7. The summed E-state index contributed by atoms with van der Waals surface area (Å²) in [6.07, 6.45) is 0.449. The Balaban J connectivity index is 1.49. The van der Waals surface area contributed by atoms with Gasteiger partial charge in [0.25, 0.3) is 0 Å². The lowest BCUT2D eigenvalue weighted by atomic mass is 10.2. The van der Waals surface area contributed by atoms with Crippen LogP contribution in [0.2, 0.25) is 0 Å². The summed E-state index contributed by atoms with van der Waals surface area (Å²) in [5, 5.41) is 6.11. The molecule has 0 saturated carbocycles. The van der Waals surface area contributed by atoms with Crippen LogP contribution in [0.5, 0.6) is 0 Å². The molecule has 0 radical (unpaired) electrons. The lowest BCUT2D eigenvalue weighted by Gasteiger charge is -2.26. The summed E-state index contributed by atoms with van der Waals surface area (Å²) in [6, 6.07) is 6.36. The monoisotopic (exact) mass is 309 g/mol. The average molecular weight is 309 g/mol. The Bertz CT molecular complexity index is 447. The molecule has 0 spiro atoms. The molecule has 5 nitrogen and oxygen atoms in total. The van der Waals surface area contributed by atoms with E-state index in [1.807, 2.05) is 0 Å². The van der Waals surface area contributed by atoms with Crippen molar-refractivity contribution in [1.82, 2.24) is 15.5 Å². The van der Waals surface area contributed by atoms with Crippen molar-refractivity contribution in [2.75, 3.05) is 45.9 Å². The minimum absolute atomic E-state index is 0.0554. The van der Waals surface area contributed by atoms with E-state index in [0.29, 0.717) is 26.1 Å². The third-order valence-electron chi connectivity index (χ3n) is 3.63. The van der Waals surface area contributed by atoms with Gasteiger partial charge in [0.2, 0.25) is 5.91 Å². The Hall–Kier alpha value is -1.50. The summed E-state index contributed by atoms with van der Waals surface area (Å²) < 4.78 is 18.0. The van der Waals surface area contributed by atoms with Gasteiger partial charge < -0.3 is 15.4 Å². The van der Waals surface area contributed by atoms with Gasteiger partial charge in [0.15, 0.2) is 0 Å². The van der Waals surface area contributed by atoms with Gasteiger partial charge in [-0.05, 0) is 17.7 Å². The molecule has 22 heavy (non-hydrogen) atoms. The Morgan fingerprint density at radius 2 is 1.91 bits per heavy atom. The van der Waals surface area contributed by atoms with Crippen LogP contribution in [0.4, 0.5) is 4.39 Å². The third kappa shape index (κ3) is 6.51. The molecule has 6 heteroatoms.